The van der Waals surface area contributed by atoms with E-state index < -0.39 is 17.5 Å². The van der Waals surface area contributed by atoms with Crippen LogP contribution >= 0.6 is 15.9 Å². The van der Waals surface area contributed by atoms with Crippen LogP contribution in [0.1, 0.15) is 25.7 Å². The number of rotatable bonds is 6. The summed E-state index contributed by atoms with van der Waals surface area (Å²) in [5, 5.41) is 21.5. The summed E-state index contributed by atoms with van der Waals surface area (Å²) in [7, 11) is 0. The number of amides is 1. The molecule has 0 aliphatic carbocycles. The third-order valence-corrected chi connectivity index (χ3v) is 5.02. The Morgan fingerprint density at radius 2 is 1.96 bits per heavy atom. The molecular weight excluding hydrogens is 383 g/mol. The molecule has 0 unspecified atom stereocenters. The third kappa shape index (κ3) is 4.37. The van der Waals surface area contributed by atoms with Crippen LogP contribution < -0.4 is 5.32 Å². The topological polar surface area (TPSA) is 89.9 Å². The van der Waals surface area contributed by atoms with Gasteiger partial charge in [0.2, 0.25) is 0 Å². The number of carboxylic acids is 1. The lowest BCUT2D eigenvalue weighted by atomic mass is 9.75. The van der Waals surface area contributed by atoms with E-state index in [1.807, 2.05) is 0 Å². The number of aliphatic carboxylic acids is 1. The molecule has 2 rings (SSSR count). The van der Waals surface area contributed by atoms with Crippen LogP contribution in [0.15, 0.2) is 22.7 Å². The molecule has 1 aromatic rings. The molecule has 1 heterocycles. The molecule has 0 radical (unpaired) electrons. The van der Waals surface area contributed by atoms with Crippen LogP contribution in [0.25, 0.3) is 0 Å². The highest BCUT2D eigenvalue weighted by Crippen LogP contribution is 2.36. The molecule has 8 heteroatoms. The predicted octanol–water partition coefficient (Wildman–Crippen LogP) is 3.63. The van der Waals surface area contributed by atoms with Crippen LogP contribution in [0.2, 0.25) is 0 Å². The van der Waals surface area contributed by atoms with Gasteiger partial charge in [-0.3, -0.25) is 4.79 Å². The van der Waals surface area contributed by atoms with Crippen molar-refractivity contribution < 1.29 is 24.2 Å². The third-order valence-electron chi connectivity index (χ3n) is 4.52. The molecule has 3 N–H and O–H groups in total. The fourth-order valence-electron chi connectivity index (χ4n) is 2.98. The predicted molar refractivity (Wildman–Crippen MR) is 90.7 cm³/mol. The molecule has 6 nitrogen and oxygen atoms in total. The van der Waals surface area contributed by atoms with Crippen molar-refractivity contribution in [2.45, 2.75) is 25.7 Å². The first-order valence-electron chi connectivity index (χ1n) is 7.74. The number of halogens is 2. The first-order valence-corrected chi connectivity index (χ1v) is 8.53. The van der Waals surface area contributed by atoms with Crippen molar-refractivity contribution >= 4 is 33.7 Å². The fraction of sp³-hybridized carbons (Fsp3) is 0.500. The van der Waals surface area contributed by atoms with Crippen molar-refractivity contribution in [2.75, 3.05) is 25.0 Å². The Kier molecular flexibility index (Phi) is 6.04. The Balaban J connectivity index is 1.86. The lowest BCUT2D eigenvalue weighted by Gasteiger charge is -2.37. The molecule has 1 aliphatic rings. The Morgan fingerprint density at radius 1 is 1.29 bits per heavy atom. The van der Waals surface area contributed by atoms with Crippen LogP contribution in [0.4, 0.5) is 14.9 Å². The highest BCUT2D eigenvalue weighted by atomic mass is 79.9. The van der Waals surface area contributed by atoms with E-state index in [0.717, 1.165) is 0 Å². The van der Waals surface area contributed by atoms with E-state index in [-0.39, 0.29) is 18.9 Å². The van der Waals surface area contributed by atoms with Gasteiger partial charge in [-0.15, -0.1) is 0 Å². The number of likely N-dealkylation sites (tertiary alicyclic amines) is 1. The van der Waals surface area contributed by atoms with E-state index in [1.165, 1.54) is 11.0 Å². The Morgan fingerprint density at radius 3 is 2.50 bits per heavy atom. The molecule has 0 spiro atoms. The van der Waals surface area contributed by atoms with Crippen molar-refractivity contribution in [3.8, 4) is 0 Å². The fourth-order valence-corrected chi connectivity index (χ4v) is 3.31. The first kappa shape index (κ1) is 18.5. The molecule has 1 fully saturated rings. The molecule has 0 atom stereocenters. The van der Waals surface area contributed by atoms with E-state index in [9.17, 15) is 19.1 Å². The Hall–Kier alpha value is -1.83. The van der Waals surface area contributed by atoms with Gasteiger partial charge in [0.25, 0.3) is 0 Å². The summed E-state index contributed by atoms with van der Waals surface area (Å²) < 4.78 is 14.4. The Labute approximate surface area is 147 Å². The van der Waals surface area contributed by atoms with Gasteiger partial charge in [0.05, 0.1) is 11.1 Å². The van der Waals surface area contributed by atoms with Crippen molar-refractivity contribution in [1.82, 2.24) is 4.90 Å². The Bertz CT molecular complexity index is 618. The van der Waals surface area contributed by atoms with Gasteiger partial charge in [0.1, 0.15) is 5.82 Å². The average molecular weight is 403 g/mol. The second-order valence-electron chi connectivity index (χ2n) is 6.01. The van der Waals surface area contributed by atoms with E-state index in [4.69, 9.17) is 5.11 Å². The quantitative estimate of drug-likeness (QED) is 0.632. The number of piperidine rings is 1. The molecular formula is C16H20BrFN2O4. The number of nitrogens with one attached hydrogen (secondary N) is 1. The lowest BCUT2D eigenvalue weighted by Crippen LogP contribution is -2.46. The first-order chi connectivity index (χ1) is 11.3. The van der Waals surface area contributed by atoms with Gasteiger partial charge in [-0.05, 0) is 43.9 Å². The summed E-state index contributed by atoms with van der Waals surface area (Å²) in [4.78, 5) is 23.8. The summed E-state index contributed by atoms with van der Waals surface area (Å²) in [5.41, 5.74) is -0.519. The number of hydrogen-bond donors (Lipinski definition) is 3. The van der Waals surface area contributed by atoms with Gasteiger partial charge in [-0.1, -0.05) is 15.9 Å². The standard InChI is InChI=1S/C16H20BrFN2O4/c17-11-2-3-13(12(18)10-11)19-7-1-4-16(14(21)22)5-8-20(9-6-16)15(23)24/h2-3,10,19H,1,4-9H2,(H,21,22)(H,23,24). The summed E-state index contributed by atoms with van der Waals surface area (Å²) in [6.45, 7) is 0.920. The molecule has 24 heavy (non-hydrogen) atoms. The van der Waals surface area contributed by atoms with Crippen molar-refractivity contribution in [3.63, 3.8) is 0 Å². The minimum atomic E-state index is -1.01. The van der Waals surface area contributed by atoms with Gasteiger partial charge < -0.3 is 20.4 Å². The molecule has 0 saturated carbocycles. The van der Waals surface area contributed by atoms with Crippen LogP contribution in [0, 0.1) is 11.2 Å². The van der Waals surface area contributed by atoms with Gasteiger partial charge in [0, 0.05) is 24.1 Å². The smallest absolute Gasteiger partial charge is 0.407 e. The van der Waals surface area contributed by atoms with Gasteiger partial charge >= 0.3 is 12.1 Å². The van der Waals surface area contributed by atoms with Crippen LogP contribution in [0.5, 0.6) is 0 Å². The highest BCUT2D eigenvalue weighted by Gasteiger charge is 2.41. The second kappa shape index (κ2) is 7.83. The summed E-state index contributed by atoms with van der Waals surface area (Å²) in [6, 6.07) is 4.71. The van der Waals surface area contributed by atoms with Gasteiger partial charge in [-0.25, -0.2) is 9.18 Å². The SMILES string of the molecule is O=C(O)N1CCC(CCCNc2ccc(Br)cc2F)(C(=O)O)CC1. The number of nitrogens with zero attached hydrogens (tertiary/aromatic N) is 1. The minimum absolute atomic E-state index is 0.233. The zero-order valence-electron chi connectivity index (χ0n) is 13.1. The largest absolute Gasteiger partial charge is 0.481 e. The number of benzene rings is 1. The zero-order chi connectivity index (χ0) is 17.7. The number of anilines is 1. The molecule has 132 valence electrons. The zero-order valence-corrected chi connectivity index (χ0v) is 14.7. The van der Waals surface area contributed by atoms with Gasteiger partial charge in [-0.2, -0.15) is 0 Å². The van der Waals surface area contributed by atoms with E-state index in [2.05, 4.69) is 21.2 Å². The van der Waals surface area contributed by atoms with Crippen molar-refractivity contribution in [3.05, 3.63) is 28.5 Å². The molecule has 1 aromatic carbocycles. The van der Waals surface area contributed by atoms with E-state index in [0.29, 0.717) is 42.4 Å². The van der Waals surface area contributed by atoms with Gasteiger partial charge in [0.15, 0.2) is 0 Å². The normalized spacial score (nSPS) is 16.7. The average Bonchev–Trinajstić information content (AvgIpc) is 2.53. The molecule has 1 aliphatic heterocycles. The van der Waals surface area contributed by atoms with Crippen molar-refractivity contribution in [2.24, 2.45) is 5.41 Å². The maximum atomic E-state index is 13.7. The maximum Gasteiger partial charge on any atom is 0.407 e. The summed E-state index contributed by atoms with van der Waals surface area (Å²) >= 11 is 3.19. The van der Waals surface area contributed by atoms with Crippen LogP contribution in [-0.4, -0.2) is 46.8 Å². The maximum absolute atomic E-state index is 13.7. The van der Waals surface area contributed by atoms with Crippen LogP contribution in [-0.2, 0) is 4.79 Å². The van der Waals surface area contributed by atoms with E-state index in [1.54, 1.807) is 12.1 Å². The molecule has 1 amide bonds. The minimum Gasteiger partial charge on any atom is -0.481 e. The van der Waals surface area contributed by atoms with Crippen LogP contribution in [0.3, 0.4) is 0 Å². The molecule has 0 bridgehead atoms. The lowest BCUT2D eigenvalue weighted by molar-refractivity contribution is -0.152. The highest BCUT2D eigenvalue weighted by molar-refractivity contribution is 9.10. The summed E-state index contributed by atoms with van der Waals surface area (Å²) in [5.74, 6) is -1.26. The van der Waals surface area contributed by atoms with E-state index >= 15 is 0 Å². The molecule has 1 saturated heterocycles. The second-order valence-corrected chi connectivity index (χ2v) is 6.93. The number of carboxylic acid groups (broad SMARTS) is 2. The summed E-state index contributed by atoms with van der Waals surface area (Å²) in [6.07, 6.45) is 0.597. The van der Waals surface area contributed by atoms with Crippen molar-refractivity contribution in [1.29, 1.82) is 0 Å². The number of carbonyl (C=O) groups is 2. The molecule has 0 aromatic heterocycles. The monoisotopic (exact) mass is 402 g/mol. The number of hydrogen-bond acceptors (Lipinski definition) is 3.